The molecule has 2 rings (SSSR count). The molecule has 6 nitrogen and oxygen atoms in total. The lowest BCUT2D eigenvalue weighted by atomic mass is 10.0. The zero-order valence-electron chi connectivity index (χ0n) is 14.9. The number of hydrogen-bond donors (Lipinski definition) is 3. The van der Waals surface area contributed by atoms with Crippen LogP contribution in [0.5, 0.6) is 0 Å². The molecule has 0 saturated carbocycles. The van der Waals surface area contributed by atoms with Crippen molar-refractivity contribution in [3.05, 3.63) is 70.7 Å². The molecule has 0 bridgehead atoms. The fourth-order valence-corrected chi connectivity index (χ4v) is 2.90. The molecular formula is C20H22ClN3O3. The highest BCUT2D eigenvalue weighted by atomic mass is 35.5. The number of hydrogen-bond acceptors (Lipinski definition) is 3. The van der Waals surface area contributed by atoms with Gasteiger partial charge in [0.1, 0.15) is 12.1 Å². The number of nitrogens with one attached hydrogen (secondary N) is 2. The first-order valence-electron chi connectivity index (χ1n) is 8.51. The lowest BCUT2D eigenvalue weighted by Gasteiger charge is -2.22. The summed E-state index contributed by atoms with van der Waals surface area (Å²) < 4.78 is 0. The molecular weight excluding hydrogens is 366 g/mol. The van der Waals surface area contributed by atoms with E-state index >= 15 is 0 Å². The van der Waals surface area contributed by atoms with E-state index in [4.69, 9.17) is 17.3 Å². The third kappa shape index (κ3) is 6.42. The molecule has 0 heterocycles. The lowest BCUT2D eigenvalue weighted by molar-refractivity contribution is -0.130. The van der Waals surface area contributed by atoms with Crippen molar-refractivity contribution in [2.24, 2.45) is 5.73 Å². The van der Waals surface area contributed by atoms with Crippen molar-refractivity contribution >= 4 is 29.3 Å². The van der Waals surface area contributed by atoms with E-state index in [1.54, 1.807) is 24.3 Å². The zero-order valence-corrected chi connectivity index (χ0v) is 15.7. The average molecular weight is 388 g/mol. The van der Waals surface area contributed by atoms with Crippen LogP contribution >= 0.6 is 11.6 Å². The monoisotopic (exact) mass is 387 g/mol. The second-order valence-electron chi connectivity index (χ2n) is 6.20. The minimum Gasteiger partial charge on any atom is -0.368 e. The Labute approximate surface area is 163 Å². The van der Waals surface area contributed by atoms with Gasteiger partial charge in [0.15, 0.2) is 0 Å². The minimum atomic E-state index is -0.940. The Morgan fingerprint density at radius 2 is 1.56 bits per heavy atom. The third-order valence-electron chi connectivity index (χ3n) is 4.02. The largest absolute Gasteiger partial charge is 0.368 e. The molecule has 0 aliphatic carbocycles. The molecule has 0 unspecified atom stereocenters. The Kier molecular flexibility index (Phi) is 7.37. The molecule has 27 heavy (non-hydrogen) atoms. The van der Waals surface area contributed by atoms with Crippen molar-refractivity contribution in [3.8, 4) is 0 Å². The molecule has 142 valence electrons. The summed E-state index contributed by atoms with van der Waals surface area (Å²) in [4.78, 5) is 36.0. The molecule has 7 heteroatoms. The number of benzene rings is 2. The van der Waals surface area contributed by atoms with Gasteiger partial charge in [-0.05, 0) is 17.2 Å². The number of halogens is 1. The van der Waals surface area contributed by atoms with Gasteiger partial charge in [-0.3, -0.25) is 14.4 Å². The molecule has 2 aromatic carbocycles. The molecule has 2 atom stereocenters. The van der Waals surface area contributed by atoms with Crippen molar-refractivity contribution in [1.82, 2.24) is 10.6 Å². The van der Waals surface area contributed by atoms with Crippen LogP contribution in [0.25, 0.3) is 0 Å². The maximum atomic E-state index is 12.7. The van der Waals surface area contributed by atoms with Gasteiger partial charge in [-0.1, -0.05) is 60.1 Å². The Balaban J connectivity index is 2.13. The molecule has 0 saturated heterocycles. The van der Waals surface area contributed by atoms with E-state index in [0.717, 1.165) is 5.56 Å². The number of nitrogens with two attached hydrogens (primary N) is 1. The van der Waals surface area contributed by atoms with Crippen molar-refractivity contribution in [2.45, 2.75) is 31.8 Å². The molecule has 0 spiro atoms. The lowest BCUT2D eigenvalue weighted by Crippen LogP contribution is -2.54. The second-order valence-corrected chi connectivity index (χ2v) is 6.61. The smallest absolute Gasteiger partial charge is 0.243 e. The Hall–Kier alpha value is -2.86. The van der Waals surface area contributed by atoms with E-state index in [1.165, 1.54) is 6.92 Å². The molecule has 4 N–H and O–H groups in total. The van der Waals surface area contributed by atoms with Crippen LogP contribution in [-0.4, -0.2) is 29.8 Å². The Morgan fingerprint density at radius 3 is 2.15 bits per heavy atom. The van der Waals surface area contributed by atoms with Gasteiger partial charge in [-0.15, -0.1) is 0 Å². The number of rotatable bonds is 8. The van der Waals surface area contributed by atoms with E-state index in [9.17, 15) is 14.4 Å². The Bertz CT molecular complexity index is 811. The van der Waals surface area contributed by atoms with Gasteiger partial charge in [0, 0.05) is 24.8 Å². The molecule has 2 aromatic rings. The number of carbonyl (C=O) groups excluding carboxylic acids is 3. The van der Waals surface area contributed by atoms with Crippen molar-refractivity contribution in [2.75, 3.05) is 0 Å². The van der Waals surface area contributed by atoms with Crippen LogP contribution in [-0.2, 0) is 27.2 Å². The number of amides is 3. The van der Waals surface area contributed by atoms with Gasteiger partial charge in [0.05, 0.1) is 0 Å². The van der Waals surface area contributed by atoms with Crippen LogP contribution < -0.4 is 16.4 Å². The van der Waals surface area contributed by atoms with Crippen LogP contribution in [0.15, 0.2) is 54.6 Å². The third-order valence-corrected chi connectivity index (χ3v) is 4.39. The molecule has 0 fully saturated rings. The molecule has 3 amide bonds. The van der Waals surface area contributed by atoms with Gasteiger partial charge >= 0.3 is 0 Å². The van der Waals surface area contributed by atoms with E-state index in [2.05, 4.69) is 10.6 Å². The summed E-state index contributed by atoms with van der Waals surface area (Å²) in [5, 5.41) is 5.74. The highest BCUT2D eigenvalue weighted by molar-refractivity contribution is 6.31. The van der Waals surface area contributed by atoms with Gasteiger partial charge in [-0.25, -0.2) is 0 Å². The van der Waals surface area contributed by atoms with Crippen LogP contribution in [0.2, 0.25) is 5.02 Å². The van der Waals surface area contributed by atoms with Crippen molar-refractivity contribution in [1.29, 1.82) is 0 Å². The van der Waals surface area contributed by atoms with Crippen molar-refractivity contribution < 1.29 is 14.4 Å². The molecule has 0 aliphatic heterocycles. The maximum Gasteiger partial charge on any atom is 0.243 e. The molecule has 0 aromatic heterocycles. The maximum absolute atomic E-state index is 12.7. The number of carbonyl (C=O) groups is 3. The van der Waals surface area contributed by atoms with E-state index in [1.807, 2.05) is 30.3 Å². The summed E-state index contributed by atoms with van der Waals surface area (Å²) in [5.74, 6) is -1.50. The topological polar surface area (TPSA) is 101 Å². The van der Waals surface area contributed by atoms with Gasteiger partial charge in [0.25, 0.3) is 0 Å². The van der Waals surface area contributed by atoms with E-state index in [0.29, 0.717) is 17.0 Å². The Morgan fingerprint density at radius 1 is 0.926 bits per heavy atom. The van der Waals surface area contributed by atoms with Gasteiger partial charge < -0.3 is 16.4 Å². The van der Waals surface area contributed by atoms with Gasteiger partial charge in [0.2, 0.25) is 17.7 Å². The van der Waals surface area contributed by atoms with Crippen LogP contribution in [0.1, 0.15) is 18.1 Å². The van der Waals surface area contributed by atoms with E-state index < -0.39 is 23.9 Å². The first kappa shape index (κ1) is 20.5. The summed E-state index contributed by atoms with van der Waals surface area (Å²) in [6.45, 7) is 1.33. The van der Waals surface area contributed by atoms with Crippen LogP contribution in [0.3, 0.4) is 0 Å². The quantitative estimate of drug-likeness (QED) is 0.641. The minimum absolute atomic E-state index is 0.166. The number of primary amides is 1. The SMILES string of the molecule is CC(=O)N[C@H](Cc1ccccc1)C(=O)N[C@@H](Cc1ccccc1Cl)C(N)=O. The van der Waals surface area contributed by atoms with Crippen molar-refractivity contribution in [3.63, 3.8) is 0 Å². The predicted octanol–water partition coefficient (Wildman–Crippen LogP) is 1.60. The second kappa shape index (κ2) is 9.73. The normalized spacial score (nSPS) is 12.7. The fraction of sp³-hybridized carbons (Fsp3) is 0.250. The first-order valence-corrected chi connectivity index (χ1v) is 8.88. The summed E-state index contributed by atoms with van der Waals surface area (Å²) in [6, 6.07) is 14.5. The fourth-order valence-electron chi connectivity index (χ4n) is 2.68. The summed E-state index contributed by atoms with van der Waals surface area (Å²) in [6.07, 6.45) is 0.461. The molecule has 0 aliphatic rings. The predicted molar refractivity (Wildman–Crippen MR) is 104 cm³/mol. The average Bonchev–Trinajstić information content (AvgIpc) is 2.62. The van der Waals surface area contributed by atoms with Crippen LogP contribution in [0.4, 0.5) is 0 Å². The van der Waals surface area contributed by atoms with E-state index in [-0.39, 0.29) is 12.3 Å². The molecule has 0 radical (unpaired) electrons. The standard InChI is InChI=1S/C20H22ClN3O3/c1-13(25)23-18(11-14-7-3-2-4-8-14)20(27)24-17(19(22)26)12-15-9-5-6-10-16(15)21/h2-10,17-18H,11-12H2,1H3,(H2,22,26)(H,23,25)(H,24,27)/t17-,18+/m0/s1. The first-order chi connectivity index (χ1) is 12.9. The zero-order chi connectivity index (χ0) is 19.8. The van der Waals surface area contributed by atoms with Gasteiger partial charge in [-0.2, -0.15) is 0 Å². The van der Waals surface area contributed by atoms with Crippen LogP contribution in [0, 0.1) is 0 Å². The highest BCUT2D eigenvalue weighted by Gasteiger charge is 2.25. The highest BCUT2D eigenvalue weighted by Crippen LogP contribution is 2.16. The summed E-state index contributed by atoms with van der Waals surface area (Å²) >= 11 is 6.13. The summed E-state index contributed by atoms with van der Waals surface area (Å²) in [5.41, 5.74) is 7.03. The summed E-state index contributed by atoms with van der Waals surface area (Å²) in [7, 11) is 0.